The highest BCUT2D eigenvalue weighted by Crippen LogP contribution is 2.15. The van der Waals surface area contributed by atoms with E-state index in [1.807, 2.05) is 0 Å². The lowest BCUT2D eigenvalue weighted by molar-refractivity contribution is -0.120. The summed E-state index contributed by atoms with van der Waals surface area (Å²) in [5.74, 6) is -2.20. The molecule has 82 valence electrons. The first-order valence-corrected chi connectivity index (χ1v) is 4.49. The van der Waals surface area contributed by atoms with Gasteiger partial charge in [-0.05, 0) is 12.1 Å². The van der Waals surface area contributed by atoms with Gasteiger partial charge in [0.05, 0.1) is 11.6 Å². The van der Waals surface area contributed by atoms with Gasteiger partial charge in [-0.2, -0.15) is 0 Å². The van der Waals surface area contributed by atoms with E-state index in [1.165, 1.54) is 6.07 Å². The van der Waals surface area contributed by atoms with Gasteiger partial charge in [0.1, 0.15) is 11.6 Å². The van der Waals surface area contributed by atoms with E-state index in [4.69, 9.17) is 5.73 Å². The summed E-state index contributed by atoms with van der Waals surface area (Å²) >= 11 is 0. The highest BCUT2D eigenvalue weighted by atomic mass is 19.1. The maximum Gasteiger partial charge on any atom is 0.222 e. The predicted molar refractivity (Wildman–Crippen MR) is 53.2 cm³/mol. The summed E-state index contributed by atoms with van der Waals surface area (Å²) < 4.78 is 25.6. The first-order valence-electron chi connectivity index (χ1n) is 4.49. The largest absolute Gasteiger partial charge is 0.382 e. The molecule has 1 atom stereocenters. The number of carbonyl (C=O) groups excluding carboxylic acids is 1. The Balaban J connectivity index is 2.62. The second-order valence-electron chi connectivity index (χ2n) is 3.31. The van der Waals surface area contributed by atoms with Crippen molar-refractivity contribution in [2.24, 2.45) is 11.7 Å². The van der Waals surface area contributed by atoms with Gasteiger partial charge < -0.3 is 11.1 Å². The quantitative estimate of drug-likeness (QED) is 0.798. The van der Waals surface area contributed by atoms with Crippen molar-refractivity contribution in [2.75, 3.05) is 11.9 Å². The number of halogens is 2. The summed E-state index contributed by atoms with van der Waals surface area (Å²) in [5, 5.41) is 2.68. The molecular weight excluding hydrogens is 202 g/mol. The van der Waals surface area contributed by atoms with Gasteiger partial charge in [0, 0.05) is 12.6 Å². The number of carbonyl (C=O) groups is 1. The average Bonchev–Trinajstić information content (AvgIpc) is 2.15. The Morgan fingerprint density at radius 1 is 1.53 bits per heavy atom. The van der Waals surface area contributed by atoms with Gasteiger partial charge in [-0.3, -0.25) is 4.79 Å². The van der Waals surface area contributed by atoms with Gasteiger partial charge in [0.2, 0.25) is 5.91 Å². The van der Waals surface area contributed by atoms with Crippen molar-refractivity contribution in [1.82, 2.24) is 0 Å². The zero-order valence-corrected chi connectivity index (χ0v) is 8.26. The second-order valence-corrected chi connectivity index (χ2v) is 3.31. The molecule has 0 bridgehead atoms. The second kappa shape index (κ2) is 4.72. The molecule has 1 rings (SSSR count). The SMILES string of the molecule is CC(CNc1ccc(F)cc1F)C(N)=O. The van der Waals surface area contributed by atoms with Gasteiger partial charge in [-0.1, -0.05) is 6.92 Å². The van der Waals surface area contributed by atoms with Gasteiger partial charge >= 0.3 is 0 Å². The van der Waals surface area contributed by atoms with Crippen LogP contribution in [0, 0.1) is 17.6 Å². The van der Waals surface area contributed by atoms with Crippen LogP contribution in [0.4, 0.5) is 14.5 Å². The number of rotatable bonds is 4. The third kappa shape index (κ3) is 3.19. The maximum absolute atomic E-state index is 13.1. The molecule has 15 heavy (non-hydrogen) atoms. The van der Waals surface area contributed by atoms with Gasteiger partial charge in [-0.15, -0.1) is 0 Å². The molecule has 0 aliphatic heterocycles. The van der Waals surface area contributed by atoms with E-state index in [0.717, 1.165) is 12.1 Å². The Labute approximate surface area is 86.3 Å². The number of anilines is 1. The number of hydrogen-bond donors (Lipinski definition) is 2. The fraction of sp³-hybridized carbons (Fsp3) is 0.300. The van der Waals surface area contributed by atoms with Crippen LogP contribution >= 0.6 is 0 Å². The van der Waals surface area contributed by atoms with Gasteiger partial charge in [-0.25, -0.2) is 8.78 Å². The number of hydrogen-bond acceptors (Lipinski definition) is 2. The van der Waals surface area contributed by atoms with Crippen LogP contribution < -0.4 is 11.1 Å². The summed E-state index contributed by atoms with van der Waals surface area (Å²) in [7, 11) is 0. The molecule has 0 radical (unpaired) electrons. The third-order valence-electron chi connectivity index (χ3n) is 2.02. The summed E-state index contributed by atoms with van der Waals surface area (Å²) in [6.07, 6.45) is 0. The third-order valence-corrected chi connectivity index (χ3v) is 2.02. The number of nitrogens with two attached hydrogens (primary N) is 1. The maximum atomic E-state index is 13.1. The minimum Gasteiger partial charge on any atom is -0.382 e. The van der Waals surface area contributed by atoms with Crippen molar-refractivity contribution in [3.8, 4) is 0 Å². The number of nitrogens with one attached hydrogen (secondary N) is 1. The first kappa shape index (κ1) is 11.4. The van der Waals surface area contributed by atoms with Crippen LogP contribution in [-0.2, 0) is 4.79 Å². The van der Waals surface area contributed by atoms with Gasteiger partial charge in [0.25, 0.3) is 0 Å². The molecule has 5 heteroatoms. The fourth-order valence-corrected chi connectivity index (χ4v) is 0.996. The van der Waals surface area contributed by atoms with Crippen LogP contribution in [0.3, 0.4) is 0 Å². The van der Waals surface area contributed by atoms with Crippen molar-refractivity contribution >= 4 is 11.6 Å². The molecule has 1 aromatic rings. The van der Waals surface area contributed by atoms with Crippen LogP contribution in [0.1, 0.15) is 6.92 Å². The highest BCUT2D eigenvalue weighted by molar-refractivity contribution is 5.76. The number of amides is 1. The zero-order valence-electron chi connectivity index (χ0n) is 8.26. The number of primary amides is 1. The molecule has 0 heterocycles. The Hall–Kier alpha value is -1.65. The van der Waals surface area contributed by atoms with E-state index in [9.17, 15) is 13.6 Å². The Morgan fingerprint density at radius 2 is 2.20 bits per heavy atom. The molecule has 3 nitrogen and oxygen atoms in total. The summed E-state index contributed by atoms with van der Waals surface area (Å²) in [5.41, 5.74) is 5.19. The van der Waals surface area contributed by atoms with E-state index >= 15 is 0 Å². The monoisotopic (exact) mass is 214 g/mol. The summed E-state index contributed by atoms with van der Waals surface area (Å²) in [4.78, 5) is 10.7. The average molecular weight is 214 g/mol. The normalized spacial score (nSPS) is 12.2. The standard InChI is InChI=1S/C10H12F2N2O/c1-6(10(13)15)5-14-9-3-2-7(11)4-8(9)12/h2-4,6,14H,5H2,1H3,(H2,13,15). The lowest BCUT2D eigenvalue weighted by Gasteiger charge is -2.10. The molecular formula is C10H12F2N2O. The Kier molecular flexibility index (Phi) is 3.60. The molecule has 0 aliphatic carbocycles. The summed E-state index contributed by atoms with van der Waals surface area (Å²) in [6.45, 7) is 1.84. The minimum absolute atomic E-state index is 0.157. The molecule has 1 aromatic carbocycles. The highest BCUT2D eigenvalue weighted by Gasteiger charge is 2.09. The van der Waals surface area contributed by atoms with Crippen molar-refractivity contribution in [1.29, 1.82) is 0 Å². The van der Waals surface area contributed by atoms with Crippen molar-refractivity contribution in [3.05, 3.63) is 29.8 Å². The van der Waals surface area contributed by atoms with Crippen LogP contribution in [0.2, 0.25) is 0 Å². The van der Waals surface area contributed by atoms with E-state index in [1.54, 1.807) is 6.92 Å². The molecule has 1 amide bonds. The van der Waals surface area contributed by atoms with Crippen LogP contribution in [0.25, 0.3) is 0 Å². The van der Waals surface area contributed by atoms with Crippen molar-refractivity contribution in [3.63, 3.8) is 0 Å². The van der Waals surface area contributed by atoms with E-state index < -0.39 is 23.5 Å². The molecule has 0 fully saturated rings. The van der Waals surface area contributed by atoms with Crippen LogP contribution in [-0.4, -0.2) is 12.5 Å². The van der Waals surface area contributed by atoms with E-state index in [2.05, 4.69) is 5.32 Å². The molecule has 0 aliphatic rings. The predicted octanol–water partition coefficient (Wildman–Crippen LogP) is 1.50. The van der Waals surface area contributed by atoms with Crippen molar-refractivity contribution < 1.29 is 13.6 Å². The smallest absolute Gasteiger partial charge is 0.222 e. The molecule has 0 saturated heterocycles. The summed E-state index contributed by atoms with van der Waals surface area (Å²) in [6, 6.07) is 3.19. The first-order chi connectivity index (χ1) is 7.00. The van der Waals surface area contributed by atoms with E-state index in [0.29, 0.717) is 0 Å². The molecule has 3 N–H and O–H groups in total. The fourth-order valence-electron chi connectivity index (χ4n) is 0.996. The lowest BCUT2D eigenvalue weighted by atomic mass is 10.1. The molecule has 0 spiro atoms. The molecule has 0 saturated carbocycles. The minimum atomic E-state index is -0.688. The van der Waals surface area contributed by atoms with Crippen LogP contribution in [0.15, 0.2) is 18.2 Å². The molecule has 1 unspecified atom stereocenters. The lowest BCUT2D eigenvalue weighted by Crippen LogP contribution is -2.26. The Morgan fingerprint density at radius 3 is 2.73 bits per heavy atom. The van der Waals surface area contributed by atoms with Crippen LogP contribution in [0.5, 0.6) is 0 Å². The topological polar surface area (TPSA) is 55.1 Å². The molecule has 0 aromatic heterocycles. The van der Waals surface area contributed by atoms with Crippen molar-refractivity contribution in [2.45, 2.75) is 6.92 Å². The van der Waals surface area contributed by atoms with Gasteiger partial charge in [0.15, 0.2) is 0 Å². The zero-order chi connectivity index (χ0) is 11.4. The Bertz CT molecular complexity index is 368. The van der Waals surface area contributed by atoms with E-state index in [-0.39, 0.29) is 12.2 Å². The number of benzene rings is 1.